The second-order valence-electron chi connectivity index (χ2n) is 8.17. The summed E-state index contributed by atoms with van der Waals surface area (Å²) in [7, 11) is -0.815. The van der Waals surface area contributed by atoms with Crippen molar-refractivity contribution in [3.63, 3.8) is 0 Å². The van der Waals surface area contributed by atoms with E-state index >= 15 is 0 Å². The molecule has 1 saturated heterocycles. The Hall–Kier alpha value is -3.31. The summed E-state index contributed by atoms with van der Waals surface area (Å²) in [5, 5.41) is 2.92. The van der Waals surface area contributed by atoms with E-state index in [1.807, 2.05) is 0 Å². The Bertz CT molecular complexity index is 1480. The molecule has 3 aromatic rings. The van der Waals surface area contributed by atoms with Crippen LogP contribution in [0.25, 0.3) is 11.0 Å². The van der Waals surface area contributed by atoms with Gasteiger partial charge in [0.1, 0.15) is 11.3 Å². The highest BCUT2D eigenvalue weighted by Gasteiger charge is 2.26. The van der Waals surface area contributed by atoms with Crippen LogP contribution in [-0.4, -0.2) is 45.8 Å². The van der Waals surface area contributed by atoms with E-state index in [2.05, 4.69) is 10.3 Å². The van der Waals surface area contributed by atoms with Gasteiger partial charge in [0.05, 0.1) is 10.3 Å². The van der Waals surface area contributed by atoms with Gasteiger partial charge in [-0.05, 0) is 49.6 Å². The van der Waals surface area contributed by atoms with E-state index in [1.165, 1.54) is 47.2 Å². The van der Waals surface area contributed by atoms with Crippen LogP contribution in [0.4, 0.5) is 5.69 Å². The fourth-order valence-electron chi connectivity index (χ4n) is 3.92. The summed E-state index contributed by atoms with van der Waals surface area (Å²) < 4.78 is 29.7. The molecule has 0 atom stereocenters. The monoisotopic (exact) mass is 471 g/mol. The maximum absolute atomic E-state index is 13.0. The summed E-state index contributed by atoms with van der Waals surface area (Å²) in [5.41, 5.74) is 0.0623. The van der Waals surface area contributed by atoms with Gasteiger partial charge < -0.3 is 5.32 Å². The molecule has 0 bridgehead atoms. The summed E-state index contributed by atoms with van der Waals surface area (Å²) in [5.74, 6) is -0.583. The lowest BCUT2D eigenvalue weighted by Gasteiger charge is -2.26. The fraction of sp³-hybridized carbons (Fsp3) is 0.364. The van der Waals surface area contributed by atoms with Crippen LogP contribution >= 0.6 is 0 Å². The average molecular weight is 472 g/mol. The summed E-state index contributed by atoms with van der Waals surface area (Å²) in [6.07, 6.45) is 2.67. The molecule has 10 nitrogen and oxygen atoms in total. The first-order valence-electron chi connectivity index (χ1n) is 10.6. The first-order chi connectivity index (χ1) is 15.6. The van der Waals surface area contributed by atoms with Gasteiger partial charge >= 0.3 is 5.69 Å². The minimum Gasteiger partial charge on any atom is -0.320 e. The molecule has 0 radical (unpaired) electrons. The van der Waals surface area contributed by atoms with Gasteiger partial charge in [-0.3, -0.25) is 18.7 Å². The molecular formula is C22H25N5O5S. The summed E-state index contributed by atoms with van der Waals surface area (Å²) in [6, 6.07) is 7.47. The zero-order valence-corrected chi connectivity index (χ0v) is 19.5. The number of carbonyl (C=O) groups is 1. The number of carbonyl (C=O) groups excluding carboxylic acids is 1. The molecule has 1 aliphatic rings. The number of pyridine rings is 1. The van der Waals surface area contributed by atoms with Gasteiger partial charge in [-0.2, -0.15) is 4.31 Å². The summed E-state index contributed by atoms with van der Waals surface area (Å²) in [6.45, 7) is 2.72. The third kappa shape index (κ3) is 4.09. The summed E-state index contributed by atoms with van der Waals surface area (Å²) >= 11 is 0. The molecule has 1 fully saturated rings. The third-order valence-electron chi connectivity index (χ3n) is 5.94. The van der Waals surface area contributed by atoms with Crippen LogP contribution in [0.5, 0.6) is 0 Å². The highest BCUT2D eigenvalue weighted by atomic mass is 32.2. The lowest BCUT2D eigenvalue weighted by atomic mass is 10.2. The second kappa shape index (κ2) is 8.56. The van der Waals surface area contributed by atoms with Crippen molar-refractivity contribution in [3.8, 4) is 0 Å². The number of amides is 1. The molecule has 1 aliphatic heterocycles. The largest absolute Gasteiger partial charge is 0.332 e. The number of aromatic nitrogens is 3. The number of benzene rings is 1. The van der Waals surface area contributed by atoms with Gasteiger partial charge in [0.2, 0.25) is 10.0 Å². The number of nitrogens with one attached hydrogen (secondary N) is 1. The van der Waals surface area contributed by atoms with Gasteiger partial charge in [0.25, 0.3) is 11.5 Å². The highest BCUT2D eigenvalue weighted by Crippen LogP contribution is 2.25. The van der Waals surface area contributed by atoms with E-state index in [1.54, 1.807) is 13.0 Å². The molecule has 11 heteroatoms. The molecule has 2 aromatic heterocycles. The zero-order chi connectivity index (χ0) is 23.9. The van der Waals surface area contributed by atoms with Crippen LogP contribution in [0.1, 0.15) is 35.3 Å². The molecular weight excluding hydrogens is 446 g/mol. The van der Waals surface area contributed by atoms with Crippen LogP contribution in [0.3, 0.4) is 0 Å². The van der Waals surface area contributed by atoms with Gasteiger partial charge in [0.15, 0.2) is 0 Å². The molecule has 33 heavy (non-hydrogen) atoms. The van der Waals surface area contributed by atoms with E-state index in [-0.39, 0.29) is 21.6 Å². The second-order valence-corrected chi connectivity index (χ2v) is 10.1. The van der Waals surface area contributed by atoms with E-state index in [4.69, 9.17) is 0 Å². The number of hydrogen-bond donors (Lipinski definition) is 1. The topological polar surface area (TPSA) is 123 Å². The standard InChI is InChI=1S/C22H25N5O5S/c1-14-7-8-15(33(31,32)27-11-5-4-6-12-27)13-18(14)24-20(28)17-10-9-16-19(23-17)25(2)22(30)26(3)21(16)29/h7-10,13H,4-6,11-12H2,1-3H3,(H,24,28). The predicted octanol–water partition coefficient (Wildman–Crippen LogP) is 1.37. The van der Waals surface area contributed by atoms with Gasteiger partial charge in [0, 0.05) is 32.9 Å². The Labute approximate surface area is 190 Å². The van der Waals surface area contributed by atoms with Crippen molar-refractivity contribution in [2.45, 2.75) is 31.1 Å². The zero-order valence-electron chi connectivity index (χ0n) is 18.7. The average Bonchev–Trinajstić information content (AvgIpc) is 2.82. The minimum atomic E-state index is -3.66. The Morgan fingerprint density at radius 2 is 1.70 bits per heavy atom. The Morgan fingerprint density at radius 1 is 1.00 bits per heavy atom. The van der Waals surface area contributed by atoms with Crippen LogP contribution in [0, 0.1) is 6.92 Å². The molecule has 0 aliphatic carbocycles. The molecule has 0 unspecified atom stereocenters. The number of nitrogens with zero attached hydrogens (tertiary/aromatic N) is 4. The first kappa shape index (κ1) is 22.9. The Kier molecular flexibility index (Phi) is 5.93. The quantitative estimate of drug-likeness (QED) is 0.613. The van der Waals surface area contributed by atoms with Gasteiger partial charge in [-0.1, -0.05) is 12.5 Å². The molecule has 174 valence electrons. The van der Waals surface area contributed by atoms with Crippen molar-refractivity contribution < 1.29 is 13.2 Å². The fourth-order valence-corrected chi connectivity index (χ4v) is 5.46. The molecule has 3 heterocycles. The van der Waals surface area contributed by atoms with Crippen molar-refractivity contribution in [1.82, 2.24) is 18.4 Å². The van der Waals surface area contributed by atoms with Crippen LogP contribution < -0.4 is 16.6 Å². The number of hydrogen-bond acceptors (Lipinski definition) is 6. The van der Waals surface area contributed by atoms with Crippen molar-refractivity contribution >= 4 is 32.7 Å². The van der Waals surface area contributed by atoms with Crippen molar-refractivity contribution in [1.29, 1.82) is 0 Å². The SMILES string of the molecule is Cc1ccc(S(=O)(=O)N2CCCCC2)cc1NC(=O)c1ccc2c(=O)n(C)c(=O)n(C)c2n1. The van der Waals surface area contributed by atoms with E-state index in [9.17, 15) is 22.8 Å². The number of anilines is 1. The van der Waals surface area contributed by atoms with Crippen LogP contribution in [-0.2, 0) is 24.1 Å². The summed E-state index contributed by atoms with van der Waals surface area (Å²) in [4.78, 5) is 41.8. The normalized spacial score (nSPS) is 15.0. The molecule has 1 aromatic carbocycles. The Morgan fingerprint density at radius 3 is 2.39 bits per heavy atom. The van der Waals surface area contributed by atoms with Crippen molar-refractivity contribution in [2.75, 3.05) is 18.4 Å². The highest BCUT2D eigenvalue weighted by molar-refractivity contribution is 7.89. The number of rotatable bonds is 4. The molecule has 0 saturated carbocycles. The first-order valence-corrected chi connectivity index (χ1v) is 12.0. The molecule has 1 amide bonds. The van der Waals surface area contributed by atoms with Gasteiger partial charge in [-0.25, -0.2) is 18.2 Å². The number of piperidine rings is 1. The molecule has 0 spiro atoms. The van der Waals surface area contributed by atoms with Gasteiger partial charge in [-0.15, -0.1) is 0 Å². The van der Waals surface area contributed by atoms with Crippen LogP contribution in [0.15, 0.2) is 44.8 Å². The van der Waals surface area contributed by atoms with Crippen molar-refractivity contribution in [2.24, 2.45) is 14.1 Å². The third-order valence-corrected chi connectivity index (χ3v) is 7.84. The molecule has 4 rings (SSSR count). The molecule has 1 N–H and O–H groups in total. The van der Waals surface area contributed by atoms with E-state index < -0.39 is 27.2 Å². The van der Waals surface area contributed by atoms with E-state index in [0.29, 0.717) is 24.3 Å². The smallest absolute Gasteiger partial charge is 0.320 e. The lowest BCUT2D eigenvalue weighted by Crippen LogP contribution is -2.37. The minimum absolute atomic E-state index is 0.00514. The Balaban J connectivity index is 1.68. The van der Waals surface area contributed by atoms with Crippen LogP contribution in [0.2, 0.25) is 0 Å². The number of aryl methyl sites for hydroxylation is 2. The maximum Gasteiger partial charge on any atom is 0.332 e. The number of fused-ring (bicyclic) bond motifs is 1. The number of sulfonamides is 1. The lowest BCUT2D eigenvalue weighted by molar-refractivity contribution is 0.102. The van der Waals surface area contributed by atoms with Crippen molar-refractivity contribution in [3.05, 3.63) is 62.4 Å². The maximum atomic E-state index is 13.0. The predicted molar refractivity (Wildman–Crippen MR) is 124 cm³/mol. The van der Waals surface area contributed by atoms with E-state index in [0.717, 1.165) is 23.8 Å².